The van der Waals surface area contributed by atoms with Crippen LogP contribution in [0.25, 0.3) is 0 Å². The Morgan fingerprint density at radius 2 is 1.77 bits per heavy atom. The number of nitrogens with zero attached hydrogens (tertiary/aromatic N) is 6. The number of fused-ring (bicyclic) bond motifs is 2. The molecule has 2 saturated heterocycles. The number of benzene rings is 1. The molecule has 0 radical (unpaired) electrons. The standard InChI is InChI=1S/C27H32ClF3N6O2/c1-17-13-19(27(29,30)31)15-22(32-17)37-23(38)14-18-16-36(12-11-35-9-7-33(2)8-10-35)25-20(28)5-4-6-21(25)34(3)26(39)24(18)37/h4-6,13,15,18,24H,7-12,14,16H2,1-3H3/t18-,24+/m1/s1. The Hall–Kier alpha value is -2.89. The molecule has 0 aliphatic carbocycles. The third-order valence-corrected chi connectivity index (χ3v) is 8.21. The van der Waals surface area contributed by atoms with Gasteiger partial charge in [0.1, 0.15) is 11.9 Å². The maximum atomic E-state index is 13.9. The lowest BCUT2D eigenvalue weighted by Gasteiger charge is -2.40. The smallest absolute Gasteiger partial charge is 0.367 e. The highest BCUT2D eigenvalue weighted by atomic mass is 35.5. The van der Waals surface area contributed by atoms with Crippen molar-refractivity contribution in [1.29, 1.82) is 0 Å². The molecule has 1 aromatic heterocycles. The monoisotopic (exact) mass is 564 g/mol. The van der Waals surface area contributed by atoms with Crippen molar-refractivity contribution in [3.05, 3.63) is 46.6 Å². The van der Waals surface area contributed by atoms with Crippen LogP contribution in [0.2, 0.25) is 5.02 Å². The van der Waals surface area contributed by atoms with Gasteiger partial charge < -0.3 is 14.7 Å². The molecule has 39 heavy (non-hydrogen) atoms. The molecule has 4 heterocycles. The zero-order valence-electron chi connectivity index (χ0n) is 22.2. The van der Waals surface area contributed by atoms with Crippen LogP contribution in [0.5, 0.6) is 0 Å². The van der Waals surface area contributed by atoms with E-state index in [1.54, 1.807) is 25.2 Å². The molecule has 5 rings (SSSR count). The molecule has 0 spiro atoms. The SMILES string of the molecule is Cc1cc(C(F)(F)F)cc(N2C(=O)C[C@@H]3CN(CCN4CCN(C)CC4)c4c(Cl)cccc4N(C)C(=O)[C@H]32)n1. The number of alkyl halides is 3. The van der Waals surface area contributed by atoms with E-state index in [-0.39, 0.29) is 23.8 Å². The Kier molecular flexibility index (Phi) is 7.51. The number of hydrogen-bond acceptors (Lipinski definition) is 6. The number of para-hydroxylation sites is 1. The number of anilines is 3. The van der Waals surface area contributed by atoms with Crippen LogP contribution in [0, 0.1) is 12.8 Å². The second-order valence-corrected chi connectivity index (χ2v) is 11.0. The van der Waals surface area contributed by atoms with Crippen molar-refractivity contribution in [3.63, 3.8) is 0 Å². The van der Waals surface area contributed by atoms with Gasteiger partial charge >= 0.3 is 6.18 Å². The topological polar surface area (TPSA) is 63.2 Å². The first-order valence-corrected chi connectivity index (χ1v) is 13.4. The van der Waals surface area contributed by atoms with Gasteiger partial charge in [0.2, 0.25) is 11.8 Å². The largest absolute Gasteiger partial charge is 0.416 e. The Labute approximate surface area is 230 Å². The molecule has 0 bridgehead atoms. The van der Waals surface area contributed by atoms with Gasteiger partial charge in [0.05, 0.1) is 22.0 Å². The number of halogens is 4. The first kappa shape index (κ1) is 27.7. The lowest BCUT2D eigenvalue weighted by molar-refractivity contribution is -0.137. The molecule has 3 aliphatic rings. The van der Waals surface area contributed by atoms with Crippen LogP contribution < -0.4 is 14.7 Å². The summed E-state index contributed by atoms with van der Waals surface area (Å²) >= 11 is 6.70. The highest BCUT2D eigenvalue weighted by Crippen LogP contribution is 2.42. The van der Waals surface area contributed by atoms with E-state index in [0.29, 0.717) is 23.8 Å². The van der Waals surface area contributed by atoms with Crippen molar-refractivity contribution in [3.8, 4) is 0 Å². The fraction of sp³-hybridized carbons (Fsp3) is 0.519. The summed E-state index contributed by atoms with van der Waals surface area (Å²) in [5.41, 5.74) is 0.533. The predicted molar refractivity (Wildman–Crippen MR) is 144 cm³/mol. The second kappa shape index (κ2) is 10.6. The van der Waals surface area contributed by atoms with Gasteiger partial charge in [-0.05, 0) is 38.2 Å². The van der Waals surface area contributed by atoms with Crippen LogP contribution in [0.1, 0.15) is 17.7 Å². The minimum absolute atomic E-state index is 0.0199. The van der Waals surface area contributed by atoms with E-state index in [0.717, 1.165) is 50.5 Å². The molecule has 1 aromatic carbocycles. The van der Waals surface area contributed by atoms with E-state index in [9.17, 15) is 22.8 Å². The van der Waals surface area contributed by atoms with Crippen molar-refractivity contribution < 1.29 is 22.8 Å². The Morgan fingerprint density at radius 1 is 1.05 bits per heavy atom. The van der Waals surface area contributed by atoms with Gasteiger partial charge in [-0.1, -0.05) is 17.7 Å². The number of amides is 2. The number of carbonyl (C=O) groups excluding carboxylic acids is 2. The quantitative estimate of drug-likeness (QED) is 0.566. The number of piperazine rings is 1. The summed E-state index contributed by atoms with van der Waals surface area (Å²) in [5, 5.41) is 0.500. The highest BCUT2D eigenvalue weighted by Gasteiger charge is 2.49. The summed E-state index contributed by atoms with van der Waals surface area (Å²) in [6, 6.07) is 6.15. The number of aryl methyl sites for hydroxylation is 1. The number of likely N-dealkylation sites (N-methyl/N-ethyl adjacent to an activating group) is 2. The Balaban J connectivity index is 1.51. The van der Waals surface area contributed by atoms with E-state index in [2.05, 4.69) is 26.7 Å². The van der Waals surface area contributed by atoms with Crippen molar-refractivity contribution in [2.24, 2.45) is 5.92 Å². The first-order chi connectivity index (χ1) is 18.4. The molecule has 2 fully saturated rings. The van der Waals surface area contributed by atoms with Crippen LogP contribution in [0.4, 0.5) is 30.4 Å². The van der Waals surface area contributed by atoms with E-state index in [1.807, 2.05) is 0 Å². The van der Waals surface area contributed by atoms with Gasteiger partial charge in [-0.3, -0.25) is 19.4 Å². The summed E-state index contributed by atoms with van der Waals surface area (Å²) < 4.78 is 40.8. The van der Waals surface area contributed by atoms with Gasteiger partial charge in [0.25, 0.3) is 0 Å². The third-order valence-electron chi connectivity index (χ3n) is 7.91. The molecule has 3 aliphatic heterocycles. The maximum Gasteiger partial charge on any atom is 0.416 e. The van der Waals surface area contributed by atoms with Gasteiger partial charge in [0, 0.05) is 70.9 Å². The molecule has 0 unspecified atom stereocenters. The van der Waals surface area contributed by atoms with Crippen LogP contribution in [0.3, 0.4) is 0 Å². The van der Waals surface area contributed by atoms with Crippen LogP contribution >= 0.6 is 11.6 Å². The van der Waals surface area contributed by atoms with E-state index >= 15 is 0 Å². The van der Waals surface area contributed by atoms with E-state index in [1.165, 1.54) is 16.7 Å². The summed E-state index contributed by atoms with van der Waals surface area (Å²) in [5.74, 6) is -1.42. The van der Waals surface area contributed by atoms with Crippen LogP contribution in [0.15, 0.2) is 30.3 Å². The van der Waals surface area contributed by atoms with Gasteiger partial charge in [-0.2, -0.15) is 13.2 Å². The van der Waals surface area contributed by atoms with Crippen LogP contribution in [-0.4, -0.2) is 92.5 Å². The minimum atomic E-state index is -4.61. The molecule has 2 amide bonds. The number of aromatic nitrogens is 1. The number of pyridine rings is 1. The molecular formula is C27H32ClF3N6O2. The lowest BCUT2D eigenvalue weighted by Crippen LogP contribution is -2.53. The van der Waals surface area contributed by atoms with Crippen molar-refractivity contribution in [2.45, 2.75) is 25.6 Å². The zero-order chi connectivity index (χ0) is 28.1. The van der Waals surface area contributed by atoms with Crippen LogP contribution in [-0.2, 0) is 15.8 Å². The molecule has 8 nitrogen and oxygen atoms in total. The molecule has 2 aromatic rings. The summed E-state index contributed by atoms with van der Waals surface area (Å²) in [6.45, 7) is 7.04. The average molecular weight is 565 g/mol. The van der Waals surface area contributed by atoms with E-state index in [4.69, 9.17) is 11.6 Å². The van der Waals surface area contributed by atoms with Gasteiger partial charge in [0.15, 0.2) is 0 Å². The molecular weight excluding hydrogens is 533 g/mol. The fourth-order valence-corrected chi connectivity index (χ4v) is 6.09. The first-order valence-electron chi connectivity index (χ1n) is 13.0. The Morgan fingerprint density at radius 3 is 2.46 bits per heavy atom. The average Bonchev–Trinajstić information content (AvgIpc) is 3.20. The molecule has 210 valence electrons. The summed E-state index contributed by atoms with van der Waals surface area (Å²) in [6.07, 6.45) is -4.59. The second-order valence-electron chi connectivity index (χ2n) is 10.6. The number of carbonyl (C=O) groups is 2. The molecule has 0 saturated carbocycles. The van der Waals surface area contributed by atoms with E-state index < -0.39 is 29.6 Å². The summed E-state index contributed by atoms with van der Waals surface area (Å²) in [7, 11) is 3.71. The summed E-state index contributed by atoms with van der Waals surface area (Å²) in [4.78, 5) is 40.9. The minimum Gasteiger partial charge on any atom is -0.367 e. The van der Waals surface area contributed by atoms with Crippen molar-refractivity contribution in [2.75, 3.05) is 74.6 Å². The highest BCUT2D eigenvalue weighted by molar-refractivity contribution is 6.34. The zero-order valence-corrected chi connectivity index (χ0v) is 23.0. The maximum absolute atomic E-state index is 13.9. The normalized spacial score (nSPS) is 23.1. The molecule has 2 atom stereocenters. The lowest BCUT2D eigenvalue weighted by atomic mass is 9.95. The molecule has 12 heteroatoms. The van der Waals surface area contributed by atoms with Crippen molar-refractivity contribution in [1.82, 2.24) is 14.8 Å². The van der Waals surface area contributed by atoms with Gasteiger partial charge in [-0.15, -0.1) is 0 Å². The predicted octanol–water partition coefficient (Wildman–Crippen LogP) is 3.51. The number of hydrogen-bond donors (Lipinski definition) is 0. The van der Waals surface area contributed by atoms with Gasteiger partial charge in [-0.25, -0.2) is 4.98 Å². The third kappa shape index (κ3) is 5.44. The molecule has 0 N–H and O–H groups in total. The fourth-order valence-electron chi connectivity index (χ4n) is 5.80. The Bertz CT molecular complexity index is 1270. The number of rotatable bonds is 4. The van der Waals surface area contributed by atoms with Crippen molar-refractivity contribution >= 4 is 40.6 Å².